The van der Waals surface area contributed by atoms with Crippen LogP contribution in [0, 0.1) is 11.3 Å². The van der Waals surface area contributed by atoms with E-state index in [1.807, 2.05) is 6.20 Å². The van der Waals surface area contributed by atoms with Crippen LogP contribution in [0.25, 0.3) is 0 Å². The minimum atomic E-state index is 0.221. The van der Waals surface area contributed by atoms with Crippen LogP contribution in [0.3, 0.4) is 0 Å². The fourth-order valence-corrected chi connectivity index (χ4v) is 3.90. The fraction of sp³-hybridized carbons (Fsp3) is 0.647. The van der Waals surface area contributed by atoms with Crippen molar-refractivity contribution in [3.05, 3.63) is 29.6 Å². The van der Waals surface area contributed by atoms with Gasteiger partial charge in [-0.2, -0.15) is 0 Å². The lowest BCUT2D eigenvalue weighted by atomic mass is 9.47. The summed E-state index contributed by atoms with van der Waals surface area (Å²) < 4.78 is 0. The van der Waals surface area contributed by atoms with Gasteiger partial charge < -0.3 is 5.32 Å². The highest BCUT2D eigenvalue weighted by molar-refractivity contribution is 5.79. The molecule has 3 heteroatoms. The number of aromatic nitrogens is 1. The van der Waals surface area contributed by atoms with Crippen LogP contribution in [0.5, 0.6) is 0 Å². The Kier molecular flexibility index (Phi) is 3.31. The van der Waals surface area contributed by atoms with Crippen molar-refractivity contribution >= 4 is 5.91 Å². The molecular weight excluding hydrogens is 248 g/mol. The van der Waals surface area contributed by atoms with E-state index in [2.05, 4.69) is 36.3 Å². The van der Waals surface area contributed by atoms with Crippen molar-refractivity contribution in [2.45, 2.75) is 51.4 Å². The maximum Gasteiger partial charge on any atom is 0.222 e. The highest BCUT2D eigenvalue weighted by atomic mass is 16.1. The van der Waals surface area contributed by atoms with Crippen molar-refractivity contribution in [1.82, 2.24) is 10.3 Å². The third-order valence-corrected chi connectivity index (χ3v) is 5.23. The zero-order chi connectivity index (χ0) is 14.3. The first-order valence-electron chi connectivity index (χ1n) is 7.70. The summed E-state index contributed by atoms with van der Waals surface area (Å²) in [6.45, 7) is 4.39. The van der Waals surface area contributed by atoms with E-state index in [4.69, 9.17) is 0 Å². The monoisotopic (exact) mass is 272 g/mol. The van der Waals surface area contributed by atoms with E-state index in [1.165, 1.54) is 24.1 Å². The van der Waals surface area contributed by atoms with Crippen molar-refractivity contribution in [2.24, 2.45) is 11.3 Å². The first kappa shape index (κ1) is 13.6. The van der Waals surface area contributed by atoms with Gasteiger partial charge in [0.1, 0.15) is 0 Å². The molecule has 20 heavy (non-hydrogen) atoms. The van der Waals surface area contributed by atoms with Crippen molar-refractivity contribution in [2.75, 3.05) is 7.05 Å². The van der Waals surface area contributed by atoms with Crippen LogP contribution in [-0.2, 0) is 4.79 Å². The molecule has 0 unspecified atom stereocenters. The first-order valence-corrected chi connectivity index (χ1v) is 7.70. The first-order chi connectivity index (χ1) is 9.53. The Morgan fingerprint density at radius 3 is 2.50 bits per heavy atom. The van der Waals surface area contributed by atoms with Crippen LogP contribution in [0.4, 0.5) is 0 Å². The molecule has 1 amide bonds. The molecule has 0 atom stereocenters. The summed E-state index contributed by atoms with van der Waals surface area (Å²) in [4.78, 5) is 16.2. The van der Waals surface area contributed by atoms with Gasteiger partial charge in [-0.25, -0.2) is 0 Å². The van der Waals surface area contributed by atoms with Crippen molar-refractivity contribution in [3.63, 3.8) is 0 Å². The molecule has 1 spiro atoms. The van der Waals surface area contributed by atoms with Crippen molar-refractivity contribution < 1.29 is 4.79 Å². The molecule has 3 rings (SSSR count). The number of pyridine rings is 1. The second-order valence-corrected chi connectivity index (χ2v) is 7.00. The van der Waals surface area contributed by atoms with E-state index in [0.717, 1.165) is 12.8 Å². The zero-order valence-corrected chi connectivity index (χ0v) is 12.6. The molecule has 0 saturated heterocycles. The number of carbonyl (C=O) groups excluding carboxylic acids is 1. The number of amides is 1. The third kappa shape index (κ3) is 2.23. The molecule has 2 aliphatic rings. The molecule has 1 N–H and O–H groups in total. The summed E-state index contributed by atoms with van der Waals surface area (Å²) in [5.41, 5.74) is 3.01. The minimum absolute atomic E-state index is 0.221. The number of nitrogens with one attached hydrogen (secondary N) is 1. The Morgan fingerprint density at radius 2 is 2.00 bits per heavy atom. The van der Waals surface area contributed by atoms with E-state index < -0.39 is 0 Å². The maximum absolute atomic E-state index is 11.6. The average Bonchev–Trinajstić information content (AvgIpc) is 2.35. The molecule has 0 radical (unpaired) electrons. The van der Waals surface area contributed by atoms with E-state index in [1.54, 1.807) is 7.05 Å². The molecule has 2 aliphatic carbocycles. The molecule has 1 aromatic heterocycles. The highest BCUT2D eigenvalue weighted by Crippen LogP contribution is 2.63. The largest absolute Gasteiger partial charge is 0.359 e. The summed E-state index contributed by atoms with van der Waals surface area (Å²) in [6.07, 6.45) is 6.61. The van der Waals surface area contributed by atoms with Crippen LogP contribution in [0.1, 0.15) is 62.6 Å². The van der Waals surface area contributed by atoms with Gasteiger partial charge in [0, 0.05) is 30.8 Å². The Labute approximate surface area is 121 Å². The molecule has 3 nitrogen and oxygen atoms in total. The Hall–Kier alpha value is -1.38. The molecule has 1 heterocycles. The molecule has 0 aliphatic heterocycles. The van der Waals surface area contributed by atoms with Gasteiger partial charge in [-0.05, 0) is 48.6 Å². The zero-order valence-electron chi connectivity index (χ0n) is 12.6. The highest BCUT2D eigenvalue weighted by Gasteiger charge is 2.55. The normalized spacial score (nSPS) is 31.8. The van der Waals surface area contributed by atoms with Crippen LogP contribution < -0.4 is 5.32 Å². The second-order valence-electron chi connectivity index (χ2n) is 7.00. The standard InChI is InChI=1S/C17H24N2O/c1-11(2)12-4-5-15(19-10-12)13-6-17(7-13)8-14(9-17)16(20)18-3/h4-5,10-11,13-14H,6-9H2,1-3H3,(H,18,20). The lowest BCUT2D eigenvalue weighted by Crippen LogP contribution is -2.51. The SMILES string of the molecule is CNC(=O)C1CC2(C1)CC(c1ccc(C(C)C)cn1)C2. The molecule has 0 aromatic carbocycles. The maximum atomic E-state index is 11.6. The van der Waals surface area contributed by atoms with Crippen LogP contribution in [0.15, 0.2) is 18.3 Å². The third-order valence-electron chi connectivity index (χ3n) is 5.23. The lowest BCUT2D eigenvalue weighted by molar-refractivity contribution is -0.137. The molecule has 108 valence electrons. The molecule has 2 fully saturated rings. The molecule has 0 bridgehead atoms. The minimum Gasteiger partial charge on any atom is -0.359 e. The summed E-state index contributed by atoms with van der Waals surface area (Å²) in [7, 11) is 1.73. The Balaban J connectivity index is 1.55. The topological polar surface area (TPSA) is 42.0 Å². The van der Waals surface area contributed by atoms with E-state index in [9.17, 15) is 4.79 Å². The van der Waals surface area contributed by atoms with Gasteiger partial charge in [0.05, 0.1) is 0 Å². The van der Waals surface area contributed by atoms with Gasteiger partial charge in [-0.15, -0.1) is 0 Å². The van der Waals surface area contributed by atoms with Crippen LogP contribution in [0.2, 0.25) is 0 Å². The van der Waals surface area contributed by atoms with E-state index >= 15 is 0 Å². The van der Waals surface area contributed by atoms with Gasteiger partial charge in [-0.1, -0.05) is 19.9 Å². The Bertz CT molecular complexity index is 492. The Morgan fingerprint density at radius 1 is 1.30 bits per heavy atom. The van der Waals surface area contributed by atoms with Gasteiger partial charge in [-0.3, -0.25) is 9.78 Å². The predicted molar refractivity (Wildman–Crippen MR) is 79.5 cm³/mol. The smallest absolute Gasteiger partial charge is 0.222 e. The van der Waals surface area contributed by atoms with Crippen LogP contribution >= 0.6 is 0 Å². The van der Waals surface area contributed by atoms with Gasteiger partial charge in [0.2, 0.25) is 5.91 Å². The quantitative estimate of drug-likeness (QED) is 0.918. The van der Waals surface area contributed by atoms with Gasteiger partial charge >= 0.3 is 0 Å². The average molecular weight is 272 g/mol. The summed E-state index contributed by atoms with van der Waals surface area (Å²) in [5, 5.41) is 2.76. The van der Waals surface area contributed by atoms with E-state index in [0.29, 0.717) is 17.3 Å². The summed E-state index contributed by atoms with van der Waals surface area (Å²) >= 11 is 0. The predicted octanol–water partition coefficient (Wildman–Crippen LogP) is 3.22. The van der Waals surface area contributed by atoms with Crippen molar-refractivity contribution in [1.29, 1.82) is 0 Å². The van der Waals surface area contributed by atoms with Gasteiger partial charge in [0.15, 0.2) is 0 Å². The number of nitrogens with zero attached hydrogens (tertiary/aromatic N) is 1. The second kappa shape index (κ2) is 4.87. The number of hydrogen-bond acceptors (Lipinski definition) is 2. The molecule has 2 saturated carbocycles. The van der Waals surface area contributed by atoms with Crippen molar-refractivity contribution in [3.8, 4) is 0 Å². The van der Waals surface area contributed by atoms with Gasteiger partial charge in [0.25, 0.3) is 0 Å². The van der Waals surface area contributed by atoms with E-state index in [-0.39, 0.29) is 11.8 Å². The fourth-order valence-electron chi connectivity index (χ4n) is 3.90. The molecular formula is C17H24N2O. The number of carbonyl (C=O) groups is 1. The number of hydrogen-bond donors (Lipinski definition) is 1. The number of rotatable bonds is 3. The summed E-state index contributed by atoms with van der Waals surface area (Å²) in [6, 6.07) is 4.41. The van der Waals surface area contributed by atoms with Crippen LogP contribution in [-0.4, -0.2) is 17.9 Å². The lowest BCUT2D eigenvalue weighted by Gasteiger charge is -2.57. The molecule has 1 aromatic rings. The summed E-state index contributed by atoms with van der Waals surface area (Å²) in [5.74, 6) is 1.64.